The Morgan fingerprint density at radius 3 is 3.00 bits per heavy atom. The molecule has 6 nitrogen and oxygen atoms in total. The maximum atomic E-state index is 11.3. The van der Waals surface area contributed by atoms with Crippen LogP contribution in [0.3, 0.4) is 0 Å². The second kappa shape index (κ2) is 6.34. The summed E-state index contributed by atoms with van der Waals surface area (Å²) in [6, 6.07) is 0.467. The molecule has 0 saturated heterocycles. The van der Waals surface area contributed by atoms with Gasteiger partial charge in [0.1, 0.15) is 0 Å². The van der Waals surface area contributed by atoms with Crippen LogP contribution in [0.1, 0.15) is 25.7 Å². The van der Waals surface area contributed by atoms with E-state index < -0.39 is 0 Å². The molecule has 1 saturated carbocycles. The second-order valence-corrected chi connectivity index (χ2v) is 4.36. The number of amides is 1. The van der Waals surface area contributed by atoms with Crippen molar-refractivity contribution in [2.24, 2.45) is 0 Å². The van der Waals surface area contributed by atoms with Crippen molar-refractivity contribution >= 4 is 5.91 Å². The topological polar surface area (TPSA) is 71.8 Å². The third-order valence-electron chi connectivity index (χ3n) is 2.68. The highest BCUT2D eigenvalue weighted by molar-refractivity contribution is 5.76. The fraction of sp³-hybridized carbons (Fsp3) is 0.727. The Labute approximate surface area is 101 Å². The minimum absolute atomic E-state index is 0.163. The summed E-state index contributed by atoms with van der Waals surface area (Å²) >= 11 is 0. The SMILES string of the molecule is O=C(CCNCCCn1ccnn1)NC1CC1. The number of hydrogen-bond donors (Lipinski definition) is 2. The summed E-state index contributed by atoms with van der Waals surface area (Å²) in [5.41, 5.74) is 0. The van der Waals surface area contributed by atoms with Crippen LogP contribution in [0.2, 0.25) is 0 Å². The average Bonchev–Trinajstić information content (AvgIpc) is 2.96. The zero-order valence-electron chi connectivity index (χ0n) is 9.93. The van der Waals surface area contributed by atoms with Gasteiger partial charge in [0.15, 0.2) is 0 Å². The molecule has 1 aromatic rings. The third kappa shape index (κ3) is 4.95. The number of hydrogen-bond acceptors (Lipinski definition) is 4. The number of aryl methyl sites for hydroxylation is 1. The molecule has 1 fully saturated rings. The van der Waals surface area contributed by atoms with Crippen LogP contribution in [-0.4, -0.2) is 40.0 Å². The van der Waals surface area contributed by atoms with Crippen molar-refractivity contribution in [3.05, 3.63) is 12.4 Å². The van der Waals surface area contributed by atoms with E-state index in [0.29, 0.717) is 12.5 Å². The van der Waals surface area contributed by atoms with Gasteiger partial charge in [-0.25, -0.2) is 0 Å². The van der Waals surface area contributed by atoms with Gasteiger partial charge in [-0.05, 0) is 25.8 Å². The van der Waals surface area contributed by atoms with Gasteiger partial charge >= 0.3 is 0 Å². The van der Waals surface area contributed by atoms with E-state index in [1.165, 1.54) is 0 Å². The summed E-state index contributed by atoms with van der Waals surface area (Å²) < 4.78 is 1.81. The highest BCUT2D eigenvalue weighted by atomic mass is 16.1. The largest absolute Gasteiger partial charge is 0.353 e. The molecule has 0 radical (unpaired) electrons. The minimum atomic E-state index is 0.163. The summed E-state index contributed by atoms with van der Waals surface area (Å²) in [5.74, 6) is 0.163. The van der Waals surface area contributed by atoms with Crippen molar-refractivity contribution in [3.63, 3.8) is 0 Å². The van der Waals surface area contributed by atoms with Crippen LogP contribution < -0.4 is 10.6 Å². The quantitative estimate of drug-likeness (QED) is 0.621. The fourth-order valence-electron chi connectivity index (χ4n) is 1.57. The highest BCUT2D eigenvalue weighted by Gasteiger charge is 2.22. The molecule has 0 bridgehead atoms. The summed E-state index contributed by atoms with van der Waals surface area (Å²) in [5, 5.41) is 13.8. The Morgan fingerprint density at radius 1 is 1.41 bits per heavy atom. The number of nitrogens with zero attached hydrogens (tertiary/aromatic N) is 3. The van der Waals surface area contributed by atoms with Crippen LogP contribution in [0.15, 0.2) is 12.4 Å². The van der Waals surface area contributed by atoms with Gasteiger partial charge < -0.3 is 10.6 Å². The predicted octanol–water partition coefficient (Wildman–Crippen LogP) is -0.0735. The number of carbonyl (C=O) groups excluding carboxylic acids is 1. The van der Waals surface area contributed by atoms with E-state index in [1.54, 1.807) is 6.20 Å². The van der Waals surface area contributed by atoms with Crippen molar-refractivity contribution in [3.8, 4) is 0 Å². The lowest BCUT2D eigenvalue weighted by molar-refractivity contribution is -0.121. The van der Waals surface area contributed by atoms with E-state index in [9.17, 15) is 4.79 Å². The van der Waals surface area contributed by atoms with Crippen molar-refractivity contribution in [1.29, 1.82) is 0 Å². The van der Waals surface area contributed by atoms with Crippen molar-refractivity contribution in [2.45, 2.75) is 38.3 Å². The molecule has 1 aliphatic rings. The molecule has 0 unspecified atom stereocenters. The third-order valence-corrected chi connectivity index (χ3v) is 2.68. The maximum absolute atomic E-state index is 11.3. The van der Waals surface area contributed by atoms with E-state index in [-0.39, 0.29) is 5.91 Å². The van der Waals surface area contributed by atoms with E-state index in [2.05, 4.69) is 20.9 Å². The van der Waals surface area contributed by atoms with Gasteiger partial charge in [-0.2, -0.15) is 0 Å². The first-order chi connectivity index (χ1) is 8.34. The van der Waals surface area contributed by atoms with Gasteiger partial charge in [-0.1, -0.05) is 5.21 Å². The lowest BCUT2D eigenvalue weighted by Gasteiger charge is -2.05. The van der Waals surface area contributed by atoms with Gasteiger partial charge in [-0.15, -0.1) is 5.10 Å². The molecule has 0 aliphatic heterocycles. The first-order valence-corrected chi connectivity index (χ1v) is 6.19. The Morgan fingerprint density at radius 2 is 2.29 bits per heavy atom. The Kier molecular flexibility index (Phi) is 4.49. The fourth-order valence-corrected chi connectivity index (χ4v) is 1.57. The minimum Gasteiger partial charge on any atom is -0.353 e. The molecule has 1 aromatic heterocycles. The Bertz CT molecular complexity index is 334. The summed E-state index contributed by atoms with van der Waals surface area (Å²) in [7, 11) is 0. The molecule has 2 N–H and O–H groups in total. The van der Waals surface area contributed by atoms with Crippen LogP contribution >= 0.6 is 0 Å². The van der Waals surface area contributed by atoms with Crippen LogP contribution in [-0.2, 0) is 11.3 Å². The van der Waals surface area contributed by atoms with E-state index >= 15 is 0 Å². The number of nitrogens with one attached hydrogen (secondary N) is 2. The summed E-state index contributed by atoms with van der Waals surface area (Å²) in [6.45, 7) is 2.51. The molecule has 1 heterocycles. The van der Waals surface area contributed by atoms with Crippen LogP contribution in [0, 0.1) is 0 Å². The lowest BCUT2D eigenvalue weighted by Crippen LogP contribution is -2.29. The smallest absolute Gasteiger partial charge is 0.221 e. The lowest BCUT2D eigenvalue weighted by atomic mass is 10.3. The first kappa shape index (κ1) is 12.0. The van der Waals surface area contributed by atoms with Gasteiger partial charge in [-0.3, -0.25) is 9.48 Å². The van der Waals surface area contributed by atoms with Crippen molar-refractivity contribution in [1.82, 2.24) is 25.6 Å². The number of carbonyl (C=O) groups is 1. The molecular weight excluding hydrogens is 218 g/mol. The predicted molar refractivity (Wildman–Crippen MR) is 63.3 cm³/mol. The molecule has 17 heavy (non-hydrogen) atoms. The van der Waals surface area contributed by atoms with Gasteiger partial charge in [0, 0.05) is 31.7 Å². The average molecular weight is 237 g/mol. The van der Waals surface area contributed by atoms with Crippen molar-refractivity contribution in [2.75, 3.05) is 13.1 Å². The molecule has 0 atom stereocenters. The van der Waals surface area contributed by atoms with Gasteiger partial charge in [0.05, 0.1) is 6.20 Å². The van der Waals surface area contributed by atoms with Crippen LogP contribution in [0.4, 0.5) is 0 Å². The van der Waals surface area contributed by atoms with Crippen molar-refractivity contribution < 1.29 is 4.79 Å². The molecular formula is C11H19N5O. The zero-order valence-corrected chi connectivity index (χ0v) is 9.93. The van der Waals surface area contributed by atoms with E-state index in [4.69, 9.17) is 0 Å². The summed E-state index contributed by atoms with van der Waals surface area (Å²) in [4.78, 5) is 11.3. The highest BCUT2D eigenvalue weighted by Crippen LogP contribution is 2.18. The molecule has 1 amide bonds. The standard InChI is InChI=1S/C11H19N5O/c17-11(14-10-2-3-10)4-6-12-5-1-8-16-9-7-13-15-16/h7,9-10,12H,1-6,8H2,(H,14,17). The Hall–Kier alpha value is -1.43. The first-order valence-electron chi connectivity index (χ1n) is 6.19. The molecule has 1 aliphatic carbocycles. The van der Waals surface area contributed by atoms with Crippen LogP contribution in [0.5, 0.6) is 0 Å². The normalized spacial score (nSPS) is 14.8. The molecule has 2 rings (SSSR count). The summed E-state index contributed by atoms with van der Waals surface area (Å²) in [6.07, 6.45) is 7.39. The maximum Gasteiger partial charge on any atom is 0.221 e. The molecule has 0 aromatic carbocycles. The second-order valence-electron chi connectivity index (χ2n) is 4.36. The molecule has 0 spiro atoms. The zero-order chi connectivity index (χ0) is 11.9. The number of rotatable bonds is 8. The number of aromatic nitrogens is 3. The monoisotopic (exact) mass is 237 g/mol. The van der Waals surface area contributed by atoms with Gasteiger partial charge in [0.2, 0.25) is 5.91 Å². The molecule has 94 valence electrons. The Balaban J connectivity index is 1.42. The van der Waals surface area contributed by atoms with E-state index in [1.807, 2.05) is 10.9 Å². The van der Waals surface area contributed by atoms with E-state index in [0.717, 1.165) is 38.9 Å². The molecule has 6 heteroatoms. The van der Waals surface area contributed by atoms with Crippen LogP contribution in [0.25, 0.3) is 0 Å². The van der Waals surface area contributed by atoms with Gasteiger partial charge in [0.25, 0.3) is 0 Å².